The first-order valence-corrected chi connectivity index (χ1v) is 8.75. The molecule has 0 aromatic heterocycles. The summed E-state index contributed by atoms with van der Waals surface area (Å²) in [6.45, 7) is 6.65. The Balaban J connectivity index is 1.79. The van der Waals surface area contributed by atoms with E-state index in [-0.39, 0.29) is 0 Å². The number of rotatable bonds is 8. The molecule has 118 valence electrons. The Kier molecular flexibility index (Phi) is 7.25. The van der Waals surface area contributed by atoms with E-state index < -0.39 is 0 Å². The van der Waals surface area contributed by atoms with Gasteiger partial charge in [0.2, 0.25) is 0 Å². The van der Waals surface area contributed by atoms with Gasteiger partial charge < -0.3 is 10.2 Å². The fourth-order valence-electron chi connectivity index (χ4n) is 3.43. The Bertz CT molecular complexity index is 396. The molecule has 1 aliphatic rings. The van der Waals surface area contributed by atoms with Crippen molar-refractivity contribution in [2.45, 2.75) is 58.5 Å². The molecular formula is C19H32N2. The minimum absolute atomic E-state index is 0.929. The minimum atomic E-state index is 0.929. The van der Waals surface area contributed by atoms with Crippen LogP contribution in [-0.4, -0.2) is 25.0 Å². The molecule has 0 unspecified atom stereocenters. The van der Waals surface area contributed by atoms with Crippen LogP contribution in [0.15, 0.2) is 24.3 Å². The van der Waals surface area contributed by atoms with Crippen molar-refractivity contribution >= 4 is 0 Å². The van der Waals surface area contributed by atoms with Gasteiger partial charge in [-0.25, -0.2) is 0 Å². The molecule has 0 bridgehead atoms. The average molecular weight is 288 g/mol. The highest BCUT2D eigenvalue weighted by atomic mass is 15.1. The van der Waals surface area contributed by atoms with Crippen molar-refractivity contribution in [1.82, 2.24) is 10.2 Å². The Morgan fingerprint density at radius 1 is 1.14 bits per heavy atom. The molecule has 2 nitrogen and oxygen atoms in total. The molecule has 1 saturated carbocycles. The van der Waals surface area contributed by atoms with Crippen molar-refractivity contribution in [3.8, 4) is 0 Å². The quantitative estimate of drug-likeness (QED) is 0.721. The molecule has 0 aliphatic heterocycles. The number of benzene rings is 1. The van der Waals surface area contributed by atoms with Gasteiger partial charge in [-0.1, -0.05) is 50.5 Å². The monoisotopic (exact) mass is 288 g/mol. The molecule has 1 aliphatic carbocycles. The van der Waals surface area contributed by atoms with E-state index in [2.05, 4.69) is 48.5 Å². The van der Waals surface area contributed by atoms with E-state index in [0.29, 0.717) is 0 Å². The lowest BCUT2D eigenvalue weighted by molar-refractivity contribution is 0.228. The van der Waals surface area contributed by atoms with Crippen molar-refractivity contribution in [3.05, 3.63) is 35.4 Å². The Morgan fingerprint density at radius 3 is 2.67 bits per heavy atom. The standard InChI is InChI=1S/C19H32N2/c1-3-12-20-14-18-10-7-11-19(13-18)16-21(2)15-17-8-5-4-6-9-17/h7,10-11,13,17,20H,3-6,8-9,12,14-16H2,1-2H3. The summed E-state index contributed by atoms with van der Waals surface area (Å²) in [7, 11) is 2.27. The SMILES string of the molecule is CCCNCc1cccc(CN(C)CC2CCCCC2)c1. The van der Waals surface area contributed by atoms with Gasteiger partial charge in [0.1, 0.15) is 0 Å². The molecule has 0 heterocycles. The second kappa shape index (κ2) is 9.22. The molecule has 0 amide bonds. The highest BCUT2D eigenvalue weighted by molar-refractivity contribution is 5.23. The Morgan fingerprint density at radius 2 is 1.90 bits per heavy atom. The van der Waals surface area contributed by atoms with E-state index in [1.54, 1.807) is 0 Å². The summed E-state index contributed by atoms with van der Waals surface area (Å²) in [6, 6.07) is 9.06. The van der Waals surface area contributed by atoms with Crippen LogP contribution in [0.25, 0.3) is 0 Å². The fourth-order valence-corrected chi connectivity index (χ4v) is 3.43. The predicted octanol–water partition coefficient (Wildman–Crippen LogP) is 4.20. The highest BCUT2D eigenvalue weighted by Crippen LogP contribution is 2.24. The van der Waals surface area contributed by atoms with Crippen LogP contribution in [0.4, 0.5) is 0 Å². The van der Waals surface area contributed by atoms with Crippen LogP contribution in [0.2, 0.25) is 0 Å². The number of hydrogen-bond donors (Lipinski definition) is 1. The van der Waals surface area contributed by atoms with E-state index in [9.17, 15) is 0 Å². The second-order valence-electron chi connectivity index (χ2n) is 6.70. The lowest BCUT2D eigenvalue weighted by Crippen LogP contribution is -2.26. The van der Waals surface area contributed by atoms with E-state index in [1.807, 2.05) is 0 Å². The molecule has 1 fully saturated rings. The van der Waals surface area contributed by atoms with E-state index in [0.717, 1.165) is 25.6 Å². The van der Waals surface area contributed by atoms with Gasteiger partial charge in [0, 0.05) is 19.6 Å². The maximum atomic E-state index is 3.48. The third-order valence-electron chi connectivity index (χ3n) is 4.49. The summed E-state index contributed by atoms with van der Waals surface area (Å²) in [6.07, 6.45) is 8.40. The molecule has 0 atom stereocenters. The highest BCUT2D eigenvalue weighted by Gasteiger charge is 2.15. The molecular weight excluding hydrogens is 256 g/mol. The topological polar surface area (TPSA) is 15.3 Å². The van der Waals surface area contributed by atoms with Crippen molar-refractivity contribution in [3.63, 3.8) is 0 Å². The molecule has 21 heavy (non-hydrogen) atoms. The molecule has 1 aromatic carbocycles. The minimum Gasteiger partial charge on any atom is -0.313 e. The van der Waals surface area contributed by atoms with Gasteiger partial charge >= 0.3 is 0 Å². The summed E-state index contributed by atoms with van der Waals surface area (Å²) in [5, 5.41) is 3.48. The largest absolute Gasteiger partial charge is 0.313 e. The molecule has 1 aromatic rings. The van der Waals surface area contributed by atoms with Gasteiger partial charge in [-0.2, -0.15) is 0 Å². The zero-order valence-corrected chi connectivity index (χ0v) is 13.9. The van der Waals surface area contributed by atoms with Gasteiger partial charge in [0.25, 0.3) is 0 Å². The van der Waals surface area contributed by atoms with Crippen LogP contribution >= 0.6 is 0 Å². The normalized spacial score (nSPS) is 16.5. The Hall–Kier alpha value is -0.860. The summed E-state index contributed by atoms with van der Waals surface area (Å²) < 4.78 is 0. The molecule has 2 rings (SSSR count). The van der Waals surface area contributed by atoms with Gasteiger partial charge in [-0.15, -0.1) is 0 Å². The molecule has 0 spiro atoms. The molecule has 2 heteroatoms. The fraction of sp³-hybridized carbons (Fsp3) is 0.684. The van der Waals surface area contributed by atoms with Crippen LogP contribution in [0.1, 0.15) is 56.6 Å². The predicted molar refractivity (Wildman–Crippen MR) is 91.3 cm³/mol. The lowest BCUT2D eigenvalue weighted by atomic mass is 9.89. The van der Waals surface area contributed by atoms with Crippen molar-refractivity contribution < 1.29 is 0 Å². The lowest BCUT2D eigenvalue weighted by Gasteiger charge is -2.27. The van der Waals surface area contributed by atoms with Gasteiger partial charge in [0.05, 0.1) is 0 Å². The van der Waals surface area contributed by atoms with Crippen molar-refractivity contribution in [2.75, 3.05) is 20.1 Å². The summed E-state index contributed by atoms with van der Waals surface area (Å²) in [5.41, 5.74) is 2.86. The third kappa shape index (κ3) is 6.19. The summed E-state index contributed by atoms with van der Waals surface area (Å²) >= 11 is 0. The first-order chi connectivity index (χ1) is 10.3. The third-order valence-corrected chi connectivity index (χ3v) is 4.49. The van der Waals surface area contributed by atoms with Crippen LogP contribution < -0.4 is 5.32 Å². The Labute approximate surface area is 130 Å². The van der Waals surface area contributed by atoms with Gasteiger partial charge in [-0.3, -0.25) is 0 Å². The summed E-state index contributed by atoms with van der Waals surface area (Å²) in [5.74, 6) is 0.929. The van der Waals surface area contributed by atoms with Crippen LogP contribution in [-0.2, 0) is 13.1 Å². The van der Waals surface area contributed by atoms with Crippen molar-refractivity contribution in [2.24, 2.45) is 5.92 Å². The van der Waals surface area contributed by atoms with Crippen LogP contribution in [0.3, 0.4) is 0 Å². The maximum Gasteiger partial charge on any atom is 0.0230 e. The number of hydrogen-bond acceptors (Lipinski definition) is 2. The number of nitrogens with zero attached hydrogens (tertiary/aromatic N) is 1. The van der Waals surface area contributed by atoms with Gasteiger partial charge in [-0.05, 0) is 49.9 Å². The first kappa shape index (κ1) is 16.5. The smallest absolute Gasteiger partial charge is 0.0230 e. The van der Waals surface area contributed by atoms with Crippen molar-refractivity contribution in [1.29, 1.82) is 0 Å². The molecule has 0 saturated heterocycles. The van der Waals surface area contributed by atoms with Crippen LogP contribution in [0.5, 0.6) is 0 Å². The molecule has 1 N–H and O–H groups in total. The van der Waals surface area contributed by atoms with E-state index >= 15 is 0 Å². The zero-order valence-electron chi connectivity index (χ0n) is 13.9. The first-order valence-electron chi connectivity index (χ1n) is 8.75. The molecule has 0 radical (unpaired) electrons. The second-order valence-corrected chi connectivity index (χ2v) is 6.70. The number of nitrogens with one attached hydrogen (secondary N) is 1. The van der Waals surface area contributed by atoms with Crippen LogP contribution in [0, 0.1) is 5.92 Å². The van der Waals surface area contributed by atoms with E-state index in [4.69, 9.17) is 0 Å². The average Bonchev–Trinajstić information content (AvgIpc) is 2.49. The van der Waals surface area contributed by atoms with Gasteiger partial charge in [0.15, 0.2) is 0 Å². The zero-order chi connectivity index (χ0) is 14.9. The summed E-state index contributed by atoms with van der Waals surface area (Å²) in [4.78, 5) is 2.51. The maximum absolute atomic E-state index is 3.48. The van der Waals surface area contributed by atoms with E-state index in [1.165, 1.54) is 56.2 Å².